The van der Waals surface area contributed by atoms with E-state index in [1.165, 1.54) is 4.68 Å². The summed E-state index contributed by atoms with van der Waals surface area (Å²) in [4.78, 5) is 16.4. The number of anilines is 1. The van der Waals surface area contributed by atoms with Crippen molar-refractivity contribution in [1.82, 2.24) is 35.7 Å². The molecule has 122 valence electrons. The third-order valence-corrected chi connectivity index (χ3v) is 3.17. The third kappa shape index (κ3) is 2.82. The molecule has 0 fully saturated rings. The molecule has 11 heteroatoms. The Morgan fingerprint density at radius 3 is 2.88 bits per heavy atom. The van der Waals surface area contributed by atoms with Gasteiger partial charge in [0.2, 0.25) is 11.6 Å². The second-order valence-corrected chi connectivity index (χ2v) is 4.76. The molecule has 0 aliphatic heterocycles. The molecule has 11 nitrogen and oxygen atoms in total. The molecule has 3 aromatic rings. The molecule has 0 unspecified atom stereocenters. The maximum atomic E-state index is 12.2. The Bertz CT molecular complexity index is 897. The Balaban J connectivity index is 1.79. The monoisotopic (exact) mass is 327 g/mol. The number of carbonyl (C=O) groups is 1. The molecular weight excluding hydrogens is 314 g/mol. The summed E-state index contributed by atoms with van der Waals surface area (Å²) in [7, 11) is 0. The van der Waals surface area contributed by atoms with Crippen LogP contribution in [0.15, 0.2) is 34.1 Å². The van der Waals surface area contributed by atoms with E-state index in [-0.39, 0.29) is 17.3 Å². The Labute approximate surface area is 135 Å². The Morgan fingerprint density at radius 2 is 2.21 bits per heavy atom. The van der Waals surface area contributed by atoms with Crippen LogP contribution >= 0.6 is 0 Å². The highest BCUT2D eigenvalue weighted by molar-refractivity contribution is 5.99. The minimum Gasteiger partial charge on any atom is -0.378 e. The summed E-state index contributed by atoms with van der Waals surface area (Å²) >= 11 is 0. The molecule has 0 bridgehead atoms. The van der Waals surface area contributed by atoms with Gasteiger partial charge < -0.3 is 5.73 Å². The van der Waals surface area contributed by atoms with Crippen molar-refractivity contribution in [2.45, 2.75) is 13.8 Å². The quantitative estimate of drug-likeness (QED) is 0.505. The maximum Gasteiger partial charge on any atom is 0.293 e. The molecule has 0 saturated carbocycles. The highest BCUT2D eigenvalue weighted by Gasteiger charge is 2.20. The number of carbonyl (C=O) groups excluding carboxylic acids is 1. The van der Waals surface area contributed by atoms with Crippen molar-refractivity contribution in [2.24, 2.45) is 5.10 Å². The molecular formula is C13H13N9O2. The number of hydrogen-bond donors (Lipinski definition) is 2. The number of hydrogen-bond acceptors (Lipinski definition) is 9. The number of hydrazone groups is 1. The normalized spacial score (nSPS) is 11.5. The van der Waals surface area contributed by atoms with Crippen LogP contribution in [0.4, 0.5) is 5.82 Å². The third-order valence-electron chi connectivity index (χ3n) is 3.17. The Hall–Kier alpha value is -3.63. The van der Waals surface area contributed by atoms with E-state index >= 15 is 0 Å². The van der Waals surface area contributed by atoms with Crippen LogP contribution in [0.25, 0.3) is 5.82 Å². The molecule has 0 atom stereocenters. The second-order valence-electron chi connectivity index (χ2n) is 4.76. The van der Waals surface area contributed by atoms with E-state index in [4.69, 9.17) is 5.73 Å². The number of nitrogen functional groups attached to an aromatic ring is 1. The molecule has 0 spiro atoms. The van der Waals surface area contributed by atoms with Crippen molar-refractivity contribution in [2.75, 3.05) is 5.73 Å². The predicted octanol–water partition coefficient (Wildman–Crippen LogP) is 0.0899. The van der Waals surface area contributed by atoms with Crippen LogP contribution < -0.4 is 11.2 Å². The van der Waals surface area contributed by atoms with Gasteiger partial charge >= 0.3 is 0 Å². The van der Waals surface area contributed by atoms with Gasteiger partial charge in [-0.2, -0.15) is 9.78 Å². The predicted molar refractivity (Wildman–Crippen MR) is 82.3 cm³/mol. The van der Waals surface area contributed by atoms with Crippen LogP contribution in [-0.4, -0.2) is 41.9 Å². The Morgan fingerprint density at radius 1 is 1.38 bits per heavy atom. The van der Waals surface area contributed by atoms with Crippen molar-refractivity contribution in [1.29, 1.82) is 0 Å². The van der Waals surface area contributed by atoms with Gasteiger partial charge in [0.15, 0.2) is 5.69 Å². The van der Waals surface area contributed by atoms with Crippen molar-refractivity contribution >= 4 is 17.4 Å². The Kier molecular flexibility index (Phi) is 3.97. The van der Waals surface area contributed by atoms with Crippen molar-refractivity contribution in [3.63, 3.8) is 0 Å². The molecule has 0 aliphatic carbocycles. The summed E-state index contributed by atoms with van der Waals surface area (Å²) in [6.07, 6.45) is 1.64. The molecule has 3 heterocycles. The SMILES string of the molecule is C/C(=N\NC(=O)c1nnn(-c2nonc2N)c1C)c1ccccn1. The first-order valence-corrected chi connectivity index (χ1v) is 6.84. The lowest BCUT2D eigenvalue weighted by Crippen LogP contribution is -2.21. The van der Waals surface area contributed by atoms with E-state index in [1.54, 1.807) is 32.2 Å². The minimum atomic E-state index is -0.524. The van der Waals surface area contributed by atoms with Gasteiger partial charge in [-0.25, -0.2) is 10.1 Å². The zero-order valence-corrected chi connectivity index (χ0v) is 12.8. The molecule has 3 N–H and O–H groups in total. The summed E-state index contributed by atoms with van der Waals surface area (Å²) < 4.78 is 5.77. The number of aromatic nitrogens is 6. The van der Waals surface area contributed by atoms with Gasteiger partial charge in [-0.3, -0.25) is 9.78 Å². The van der Waals surface area contributed by atoms with Gasteiger partial charge in [-0.15, -0.1) is 5.10 Å². The van der Waals surface area contributed by atoms with E-state index in [9.17, 15) is 4.79 Å². The van der Waals surface area contributed by atoms with Crippen LogP contribution in [0.2, 0.25) is 0 Å². The zero-order valence-electron chi connectivity index (χ0n) is 12.8. The fraction of sp³-hybridized carbons (Fsp3) is 0.154. The lowest BCUT2D eigenvalue weighted by atomic mass is 10.3. The lowest BCUT2D eigenvalue weighted by molar-refractivity contribution is 0.0949. The number of rotatable bonds is 4. The second kappa shape index (κ2) is 6.24. The van der Waals surface area contributed by atoms with Crippen LogP contribution in [0.1, 0.15) is 28.8 Å². The first-order chi connectivity index (χ1) is 11.6. The smallest absolute Gasteiger partial charge is 0.293 e. The molecule has 24 heavy (non-hydrogen) atoms. The fourth-order valence-electron chi connectivity index (χ4n) is 1.90. The molecule has 0 saturated heterocycles. The number of nitrogens with one attached hydrogen (secondary N) is 1. The molecule has 0 aromatic carbocycles. The maximum absolute atomic E-state index is 12.2. The lowest BCUT2D eigenvalue weighted by Gasteiger charge is -2.01. The highest BCUT2D eigenvalue weighted by Crippen LogP contribution is 2.14. The van der Waals surface area contributed by atoms with Crippen LogP contribution in [0.3, 0.4) is 0 Å². The van der Waals surface area contributed by atoms with Gasteiger partial charge in [0, 0.05) is 6.20 Å². The molecule has 0 aliphatic rings. The molecule has 0 radical (unpaired) electrons. The number of nitrogens with two attached hydrogens (primary N) is 1. The summed E-state index contributed by atoms with van der Waals surface area (Å²) in [6.45, 7) is 3.37. The van der Waals surface area contributed by atoms with E-state index in [2.05, 4.69) is 40.8 Å². The van der Waals surface area contributed by atoms with E-state index in [0.717, 1.165) is 0 Å². The summed E-state index contributed by atoms with van der Waals surface area (Å²) in [5, 5.41) is 18.7. The van der Waals surface area contributed by atoms with Crippen molar-refractivity contribution in [3.8, 4) is 5.82 Å². The van der Waals surface area contributed by atoms with Crippen molar-refractivity contribution < 1.29 is 9.42 Å². The van der Waals surface area contributed by atoms with Gasteiger partial charge in [-0.05, 0) is 36.3 Å². The van der Waals surface area contributed by atoms with Gasteiger partial charge in [0.05, 0.1) is 17.1 Å². The summed E-state index contributed by atoms with van der Waals surface area (Å²) in [6, 6.07) is 5.41. The van der Waals surface area contributed by atoms with Gasteiger partial charge in [-0.1, -0.05) is 11.3 Å². The fourth-order valence-corrected chi connectivity index (χ4v) is 1.90. The average Bonchev–Trinajstić information content (AvgIpc) is 3.18. The summed E-state index contributed by atoms with van der Waals surface area (Å²) in [5.74, 6) is -0.324. The largest absolute Gasteiger partial charge is 0.378 e. The number of amides is 1. The minimum absolute atomic E-state index is 0.0407. The van der Waals surface area contributed by atoms with Crippen LogP contribution in [-0.2, 0) is 0 Å². The first kappa shape index (κ1) is 15.3. The van der Waals surface area contributed by atoms with Gasteiger partial charge in [0.1, 0.15) is 0 Å². The first-order valence-electron chi connectivity index (χ1n) is 6.84. The molecule has 3 aromatic heterocycles. The number of nitrogens with zero attached hydrogens (tertiary/aromatic N) is 7. The van der Waals surface area contributed by atoms with E-state index < -0.39 is 5.91 Å². The number of pyridine rings is 1. The topological polar surface area (TPSA) is 150 Å². The highest BCUT2D eigenvalue weighted by atomic mass is 16.6. The zero-order chi connectivity index (χ0) is 17.1. The molecule has 1 amide bonds. The van der Waals surface area contributed by atoms with Crippen LogP contribution in [0, 0.1) is 6.92 Å². The average molecular weight is 327 g/mol. The van der Waals surface area contributed by atoms with Crippen molar-refractivity contribution in [3.05, 3.63) is 41.5 Å². The van der Waals surface area contributed by atoms with Gasteiger partial charge in [0.25, 0.3) is 5.91 Å². The standard InChI is InChI=1S/C13H13N9O2/c1-7(9-5-3-4-6-15-9)16-18-13(23)10-8(2)22(21-17-10)12-11(14)19-24-20-12/h3-6H,1-2H3,(H2,14,19)(H,18,23)/b16-7+. The van der Waals surface area contributed by atoms with Crippen LogP contribution in [0.5, 0.6) is 0 Å². The van der Waals surface area contributed by atoms with E-state index in [1.807, 2.05) is 6.07 Å². The summed E-state index contributed by atoms with van der Waals surface area (Å²) in [5.41, 5.74) is 9.72. The van der Waals surface area contributed by atoms with E-state index in [0.29, 0.717) is 17.1 Å². The molecule has 3 rings (SSSR count).